The molecular weight excluding hydrogens is 423 g/mol. The quantitative estimate of drug-likeness (QED) is 0.0756. The summed E-state index contributed by atoms with van der Waals surface area (Å²) in [4.78, 5) is 0. The van der Waals surface area contributed by atoms with Crippen LogP contribution >= 0.6 is 0 Å². The van der Waals surface area contributed by atoms with Gasteiger partial charge in [-0.15, -0.1) is 0 Å². The van der Waals surface area contributed by atoms with Crippen LogP contribution in [0.5, 0.6) is 0 Å². The third-order valence-electron chi connectivity index (χ3n) is 5.49. The van der Waals surface area contributed by atoms with Gasteiger partial charge in [0, 0.05) is 5.92 Å². The normalized spacial score (nSPS) is 12.9. The summed E-state index contributed by atoms with van der Waals surface area (Å²) in [6.45, 7) is 4.45. The Balaban J connectivity index is 0. The fourth-order valence-corrected chi connectivity index (χ4v) is 3.97. The molecule has 0 spiro atoms. The maximum absolute atomic E-state index is 10.8. The molecule has 0 aromatic rings. The Labute approximate surface area is 230 Å². The topological polar surface area (TPSA) is 66.4 Å². The molecule has 1 unspecified atom stereocenters. The second-order valence-electron chi connectivity index (χ2n) is 8.41. The van der Waals surface area contributed by atoms with Crippen LogP contribution in [0, 0.1) is 5.92 Å². The molecule has 0 N–H and O–H groups in total. The number of hydrogen-bond acceptors (Lipinski definition) is 4. The SMILES string of the molecule is CCCCCCCCC/C=C/C(CCCCCCCCCCC)COS(=O)(=O)[O-].[K+]. The Morgan fingerprint density at radius 1 is 0.733 bits per heavy atom. The minimum Gasteiger partial charge on any atom is -0.726 e. The molecule has 0 aliphatic rings. The summed E-state index contributed by atoms with van der Waals surface area (Å²) in [5.74, 6) is 0.0211. The van der Waals surface area contributed by atoms with Gasteiger partial charge in [-0.05, 0) is 19.3 Å². The first-order chi connectivity index (χ1) is 14.0. The Morgan fingerprint density at radius 2 is 1.17 bits per heavy atom. The molecule has 174 valence electrons. The van der Waals surface area contributed by atoms with Gasteiger partial charge in [-0.1, -0.05) is 122 Å². The summed E-state index contributed by atoms with van der Waals surface area (Å²) in [7, 11) is -4.60. The first-order valence-corrected chi connectivity index (χ1v) is 13.6. The largest absolute Gasteiger partial charge is 1.00 e. The minimum atomic E-state index is -4.60. The summed E-state index contributed by atoms with van der Waals surface area (Å²) < 4.78 is 36.9. The van der Waals surface area contributed by atoms with E-state index in [1.54, 1.807) is 0 Å². The average Bonchev–Trinajstić information content (AvgIpc) is 2.68. The van der Waals surface area contributed by atoms with Gasteiger partial charge in [-0.2, -0.15) is 0 Å². The van der Waals surface area contributed by atoms with Crippen molar-refractivity contribution < 1.29 is 68.5 Å². The molecule has 0 saturated carbocycles. The van der Waals surface area contributed by atoms with Gasteiger partial charge in [0.25, 0.3) is 0 Å². The molecular formula is C24H47KO4S. The molecule has 1 atom stereocenters. The molecule has 30 heavy (non-hydrogen) atoms. The molecule has 0 radical (unpaired) electrons. The van der Waals surface area contributed by atoms with Crippen LogP contribution in [0.15, 0.2) is 12.2 Å². The van der Waals surface area contributed by atoms with Crippen LogP contribution in [0.1, 0.15) is 129 Å². The van der Waals surface area contributed by atoms with Crippen molar-refractivity contribution in [1.29, 1.82) is 0 Å². The first kappa shape index (κ1) is 33.4. The van der Waals surface area contributed by atoms with E-state index < -0.39 is 10.4 Å². The summed E-state index contributed by atoms with van der Waals surface area (Å²) in [6.07, 6.45) is 26.5. The Bertz CT molecular complexity index is 466. The third kappa shape index (κ3) is 27.3. The molecule has 0 amide bonds. The summed E-state index contributed by atoms with van der Waals surface area (Å²) in [5, 5.41) is 0. The van der Waals surface area contributed by atoms with Gasteiger partial charge in [0.05, 0.1) is 6.61 Å². The molecule has 0 rings (SSSR count). The number of rotatable bonds is 22. The third-order valence-corrected chi connectivity index (χ3v) is 5.91. The maximum Gasteiger partial charge on any atom is 1.00 e. The van der Waals surface area contributed by atoms with Gasteiger partial charge >= 0.3 is 51.4 Å². The molecule has 0 heterocycles. The molecule has 0 aromatic heterocycles. The van der Waals surface area contributed by atoms with Crippen molar-refractivity contribution in [2.24, 2.45) is 5.92 Å². The average molecular weight is 471 g/mol. The molecule has 4 nitrogen and oxygen atoms in total. The predicted molar refractivity (Wildman–Crippen MR) is 123 cm³/mol. The molecule has 0 saturated heterocycles. The zero-order valence-corrected chi connectivity index (χ0v) is 24.1. The van der Waals surface area contributed by atoms with Crippen LogP contribution in [0.2, 0.25) is 0 Å². The fourth-order valence-electron chi connectivity index (χ4n) is 3.63. The van der Waals surface area contributed by atoms with Crippen molar-refractivity contribution in [1.82, 2.24) is 0 Å². The van der Waals surface area contributed by atoms with E-state index in [0.29, 0.717) is 0 Å². The smallest absolute Gasteiger partial charge is 0.726 e. The van der Waals surface area contributed by atoms with Crippen molar-refractivity contribution in [3.63, 3.8) is 0 Å². The van der Waals surface area contributed by atoms with E-state index in [-0.39, 0.29) is 63.9 Å². The molecule has 0 bridgehead atoms. The number of allylic oxidation sites excluding steroid dienone is 1. The van der Waals surface area contributed by atoms with E-state index in [4.69, 9.17) is 0 Å². The second kappa shape index (κ2) is 24.9. The van der Waals surface area contributed by atoms with E-state index in [9.17, 15) is 13.0 Å². The van der Waals surface area contributed by atoms with Crippen LogP contribution in [0.3, 0.4) is 0 Å². The van der Waals surface area contributed by atoms with Gasteiger partial charge in [0.15, 0.2) is 0 Å². The van der Waals surface area contributed by atoms with Crippen LogP contribution in [-0.2, 0) is 14.6 Å². The molecule has 0 aromatic carbocycles. The van der Waals surface area contributed by atoms with E-state index in [2.05, 4.69) is 30.2 Å². The van der Waals surface area contributed by atoms with Crippen molar-refractivity contribution in [3.8, 4) is 0 Å². The zero-order valence-electron chi connectivity index (χ0n) is 20.2. The summed E-state index contributed by atoms with van der Waals surface area (Å²) in [5.41, 5.74) is 0. The van der Waals surface area contributed by atoms with E-state index in [1.165, 1.54) is 96.3 Å². The van der Waals surface area contributed by atoms with Crippen molar-refractivity contribution in [2.45, 2.75) is 129 Å². The van der Waals surface area contributed by atoms with E-state index >= 15 is 0 Å². The molecule has 6 heteroatoms. The van der Waals surface area contributed by atoms with Gasteiger partial charge in [0.1, 0.15) is 0 Å². The van der Waals surface area contributed by atoms with E-state index in [1.807, 2.05) is 0 Å². The predicted octanol–water partition coefficient (Wildman–Crippen LogP) is 4.70. The van der Waals surface area contributed by atoms with Gasteiger partial charge < -0.3 is 4.55 Å². The summed E-state index contributed by atoms with van der Waals surface area (Å²) in [6, 6.07) is 0. The number of hydrogen-bond donors (Lipinski definition) is 0. The fraction of sp³-hybridized carbons (Fsp3) is 0.917. The van der Waals surface area contributed by atoms with Gasteiger partial charge in [0.2, 0.25) is 10.4 Å². The zero-order chi connectivity index (χ0) is 21.6. The maximum atomic E-state index is 10.8. The summed E-state index contributed by atoms with van der Waals surface area (Å²) >= 11 is 0. The van der Waals surface area contributed by atoms with Gasteiger partial charge in [-0.25, -0.2) is 8.42 Å². The molecule has 0 aliphatic carbocycles. The standard InChI is InChI=1S/C24H48O4S.K/c1-3-5-7-9-11-13-15-17-19-21-24(23-28-29(25,26)27)22-20-18-16-14-12-10-8-6-4-2;/h19,21,24H,3-18,20,22-23H2,1-2H3,(H,25,26,27);/q;+1/p-1/b21-19+;. The van der Waals surface area contributed by atoms with Crippen molar-refractivity contribution in [3.05, 3.63) is 12.2 Å². The van der Waals surface area contributed by atoms with E-state index in [0.717, 1.165) is 19.3 Å². The minimum absolute atomic E-state index is 0. The van der Waals surface area contributed by atoms with Crippen molar-refractivity contribution in [2.75, 3.05) is 6.61 Å². The monoisotopic (exact) mass is 470 g/mol. The second-order valence-corrected chi connectivity index (χ2v) is 9.46. The van der Waals surface area contributed by atoms with Crippen molar-refractivity contribution >= 4 is 10.4 Å². The van der Waals surface area contributed by atoms with Crippen LogP contribution in [-0.4, -0.2) is 19.6 Å². The Morgan fingerprint density at radius 3 is 1.63 bits per heavy atom. The first-order valence-electron chi connectivity index (χ1n) is 12.3. The number of unbranched alkanes of at least 4 members (excludes halogenated alkanes) is 15. The Kier molecular flexibility index (Phi) is 27.7. The molecule has 0 fully saturated rings. The van der Waals surface area contributed by atoms with Crippen LogP contribution in [0.25, 0.3) is 0 Å². The van der Waals surface area contributed by atoms with Crippen LogP contribution < -0.4 is 51.4 Å². The van der Waals surface area contributed by atoms with Crippen LogP contribution in [0.4, 0.5) is 0 Å². The Hall–Kier alpha value is 1.25. The molecule has 0 aliphatic heterocycles. The van der Waals surface area contributed by atoms with Gasteiger partial charge in [-0.3, -0.25) is 4.18 Å².